The van der Waals surface area contributed by atoms with E-state index in [1.165, 1.54) is 37.1 Å². The molecule has 4 rings (SSSR count). The molecule has 3 aromatic rings. The normalized spacial score (nSPS) is 18.1. The molecule has 2 heterocycles. The molecule has 9 heteroatoms. The van der Waals surface area contributed by atoms with Crippen LogP contribution in [-0.2, 0) is 0 Å². The fourth-order valence-electron chi connectivity index (χ4n) is 3.66. The Hall–Kier alpha value is -2.87. The third kappa shape index (κ3) is 3.67. The number of hydrogen-bond donors (Lipinski definition) is 1. The van der Waals surface area contributed by atoms with Crippen LogP contribution in [0.3, 0.4) is 0 Å². The molecule has 2 unspecified atom stereocenters. The van der Waals surface area contributed by atoms with E-state index in [9.17, 15) is 13.2 Å². The fraction of sp³-hybridized carbons (Fsp3) is 0.286. The number of fused-ring (bicyclic) bond motifs is 1. The van der Waals surface area contributed by atoms with E-state index in [0.29, 0.717) is 17.3 Å². The highest BCUT2D eigenvalue weighted by Gasteiger charge is 2.35. The van der Waals surface area contributed by atoms with Crippen LogP contribution in [0.15, 0.2) is 42.5 Å². The SMILES string of the molecule is COc1ccc(C2CC(C(F)F)n3nc(-c4ccc(Cl)cc4F)cc3N2)cc1OC. The Morgan fingerprint density at radius 3 is 2.53 bits per heavy atom. The van der Waals surface area contributed by atoms with Crippen molar-refractivity contribution >= 4 is 17.4 Å². The highest BCUT2D eigenvalue weighted by Crippen LogP contribution is 2.41. The summed E-state index contributed by atoms with van der Waals surface area (Å²) in [6, 6.07) is 9.46. The quantitative estimate of drug-likeness (QED) is 0.554. The van der Waals surface area contributed by atoms with Crippen molar-refractivity contribution in [1.82, 2.24) is 9.78 Å². The summed E-state index contributed by atoms with van der Waals surface area (Å²) in [4.78, 5) is 0. The molecule has 0 bridgehead atoms. The van der Waals surface area contributed by atoms with E-state index in [1.807, 2.05) is 0 Å². The van der Waals surface area contributed by atoms with Gasteiger partial charge in [-0.15, -0.1) is 0 Å². The zero-order valence-electron chi connectivity index (χ0n) is 16.2. The Labute approximate surface area is 176 Å². The number of ether oxygens (including phenoxy) is 2. The van der Waals surface area contributed by atoms with Gasteiger partial charge in [-0.05, 0) is 42.3 Å². The van der Waals surface area contributed by atoms with E-state index < -0.39 is 24.3 Å². The van der Waals surface area contributed by atoms with Gasteiger partial charge in [0.25, 0.3) is 6.43 Å². The van der Waals surface area contributed by atoms with Crippen LogP contribution < -0.4 is 14.8 Å². The number of nitrogens with zero attached hydrogens (tertiary/aromatic N) is 2. The van der Waals surface area contributed by atoms with Gasteiger partial charge in [-0.25, -0.2) is 17.9 Å². The van der Waals surface area contributed by atoms with Crippen molar-refractivity contribution in [2.75, 3.05) is 19.5 Å². The van der Waals surface area contributed by atoms with Crippen molar-refractivity contribution in [3.05, 3.63) is 58.9 Å². The second-order valence-electron chi connectivity index (χ2n) is 6.93. The second kappa shape index (κ2) is 8.10. The maximum absolute atomic E-state index is 14.3. The number of aromatic nitrogens is 2. The number of alkyl halides is 2. The molecule has 0 fully saturated rings. The summed E-state index contributed by atoms with van der Waals surface area (Å²) in [7, 11) is 3.04. The first-order valence-corrected chi connectivity index (χ1v) is 9.60. The van der Waals surface area contributed by atoms with Crippen LogP contribution in [0.2, 0.25) is 5.02 Å². The van der Waals surface area contributed by atoms with Crippen molar-refractivity contribution in [1.29, 1.82) is 0 Å². The maximum Gasteiger partial charge on any atom is 0.260 e. The Morgan fingerprint density at radius 2 is 1.87 bits per heavy atom. The molecule has 1 aromatic heterocycles. The second-order valence-corrected chi connectivity index (χ2v) is 7.37. The summed E-state index contributed by atoms with van der Waals surface area (Å²) < 4.78 is 53.9. The van der Waals surface area contributed by atoms with Crippen molar-refractivity contribution in [2.45, 2.75) is 24.9 Å². The number of benzene rings is 2. The molecule has 0 amide bonds. The number of nitrogens with one attached hydrogen (secondary N) is 1. The van der Waals surface area contributed by atoms with E-state index in [-0.39, 0.29) is 22.7 Å². The molecular formula is C21H19ClF3N3O2. The van der Waals surface area contributed by atoms with Gasteiger partial charge in [0, 0.05) is 16.7 Å². The van der Waals surface area contributed by atoms with Crippen LogP contribution in [0.5, 0.6) is 11.5 Å². The fourth-order valence-corrected chi connectivity index (χ4v) is 3.82. The summed E-state index contributed by atoms with van der Waals surface area (Å²) >= 11 is 5.81. The summed E-state index contributed by atoms with van der Waals surface area (Å²) in [6.45, 7) is 0. The molecule has 0 aliphatic carbocycles. The molecule has 5 nitrogen and oxygen atoms in total. The molecule has 2 aromatic carbocycles. The molecule has 2 atom stereocenters. The van der Waals surface area contributed by atoms with E-state index in [2.05, 4.69) is 10.4 Å². The lowest BCUT2D eigenvalue weighted by Gasteiger charge is -2.32. The summed E-state index contributed by atoms with van der Waals surface area (Å²) in [5.74, 6) is 0.875. The lowest BCUT2D eigenvalue weighted by atomic mass is 9.97. The van der Waals surface area contributed by atoms with Crippen LogP contribution in [0.4, 0.5) is 19.0 Å². The Kier molecular flexibility index (Phi) is 5.51. The molecule has 0 saturated heterocycles. The number of hydrogen-bond acceptors (Lipinski definition) is 4. The molecule has 158 valence electrons. The first-order chi connectivity index (χ1) is 14.4. The minimum atomic E-state index is -2.64. The highest BCUT2D eigenvalue weighted by atomic mass is 35.5. The van der Waals surface area contributed by atoms with Crippen LogP contribution in [0.1, 0.15) is 24.1 Å². The van der Waals surface area contributed by atoms with Crippen molar-refractivity contribution in [2.24, 2.45) is 0 Å². The predicted molar refractivity (Wildman–Crippen MR) is 108 cm³/mol. The van der Waals surface area contributed by atoms with Crippen molar-refractivity contribution < 1.29 is 22.6 Å². The third-order valence-corrected chi connectivity index (χ3v) is 5.39. The van der Waals surface area contributed by atoms with E-state index in [1.54, 1.807) is 24.3 Å². The topological polar surface area (TPSA) is 48.3 Å². The lowest BCUT2D eigenvalue weighted by molar-refractivity contribution is 0.0659. The predicted octanol–water partition coefficient (Wildman–Crippen LogP) is 5.72. The van der Waals surface area contributed by atoms with Crippen LogP contribution >= 0.6 is 11.6 Å². The first-order valence-electron chi connectivity index (χ1n) is 9.23. The molecular weight excluding hydrogens is 419 g/mol. The molecule has 0 spiro atoms. The van der Waals surface area contributed by atoms with Gasteiger partial charge in [0.2, 0.25) is 0 Å². The van der Waals surface area contributed by atoms with Crippen molar-refractivity contribution in [3.8, 4) is 22.8 Å². The summed E-state index contributed by atoms with van der Waals surface area (Å²) in [6.07, 6.45) is -2.54. The van der Waals surface area contributed by atoms with Gasteiger partial charge in [-0.3, -0.25) is 0 Å². The summed E-state index contributed by atoms with van der Waals surface area (Å²) in [5.41, 5.74) is 1.22. The zero-order chi connectivity index (χ0) is 21.4. The minimum absolute atomic E-state index is 0.102. The molecule has 1 aliphatic rings. The van der Waals surface area contributed by atoms with Crippen molar-refractivity contribution in [3.63, 3.8) is 0 Å². The van der Waals surface area contributed by atoms with Gasteiger partial charge >= 0.3 is 0 Å². The maximum atomic E-state index is 14.3. The zero-order valence-corrected chi connectivity index (χ0v) is 17.0. The molecule has 0 saturated carbocycles. The Morgan fingerprint density at radius 1 is 1.10 bits per heavy atom. The van der Waals surface area contributed by atoms with E-state index >= 15 is 0 Å². The monoisotopic (exact) mass is 437 g/mol. The average molecular weight is 438 g/mol. The van der Waals surface area contributed by atoms with Gasteiger partial charge in [-0.1, -0.05) is 17.7 Å². The number of rotatable bonds is 5. The number of methoxy groups -OCH3 is 2. The largest absolute Gasteiger partial charge is 0.493 e. The Balaban J connectivity index is 1.72. The first kappa shape index (κ1) is 20.4. The van der Waals surface area contributed by atoms with Crippen LogP contribution in [-0.4, -0.2) is 30.4 Å². The molecule has 1 N–H and O–H groups in total. The van der Waals surface area contributed by atoms with Gasteiger partial charge in [0.05, 0.1) is 26.0 Å². The van der Waals surface area contributed by atoms with Gasteiger partial charge in [0.15, 0.2) is 11.5 Å². The minimum Gasteiger partial charge on any atom is -0.493 e. The molecule has 1 aliphatic heterocycles. The van der Waals surface area contributed by atoms with E-state index in [0.717, 1.165) is 5.56 Å². The Bertz CT molecular complexity index is 1070. The molecule has 0 radical (unpaired) electrons. The van der Waals surface area contributed by atoms with Gasteiger partial charge < -0.3 is 14.8 Å². The smallest absolute Gasteiger partial charge is 0.260 e. The average Bonchev–Trinajstić information content (AvgIpc) is 3.15. The number of halogens is 4. The van der Waals surface area contributed by atoms with Crippen LogP contribution in [0, 0.1) is 5.82 Å². The lowest BCUT2D eigenvalue weighted by Crippen LogP contribution is -2.30. The highest BCUT2D eigenvalue weighted by molar-refractivity contribution is 6.30. The summed E-state index contributed by atoms with van der Waals surface area (Å²) in [5, 5.41) is 7.73. The third-order valence-electron chi connectivity index (χ3n) is 5.16. The molecule has 30 heavy (non-hydrogen) atoms. The standard InChI is InChI=1S/C21H19ClF3N3O2/c1-29-18-6-3-11(7-19(18)30-2)15-9-17(21(24)25)28-20(26-15)10-16(27-28)13-5-4-12(22)8-14(13)23/h3-8,10,15,17,21,26H,9H2,1-2H3. The van der Waals surface area contributed by atoms with Gasteiger partial charge in [0.1, 0.15) is 17.7 Å². The number of anilines is 1. The van der Waals surface area contributed by atoms with E-state index in [4.69, 9.17) is 21.1 Å². The van der Waals surface area contributed by atoms with Gasteiger partial charge in [-0.2, -0.15) is 5.10 Å². The van der Waals surface area contributed by atoms with Crippen LogP contribution in [0.25, 0.3) is 11.3 Å².